The topological polar surface area (TPSA) is 60.4 Å². The normalized spacial score (nSPS) is 47.3. The Labute approximate surface area is 155 Å². The van der Waals surface area contributed by atoms with Crippen molar-refractivity contribution in [1.82, 2.24) is 0 Å². The molecule has 4 heteroatoms. The smallest absolute Gasteiger partial charge is 0.302 e. The lowest BCUT2D eigenvalue weighted by molar-refractivity contribution is -0.183. The summed E-state index contributed by atoms with van der Waals surface area (Å²) in [5.74, 6) is 0.905. The van der Waals surface area contributed by atoms with Crippen LogP contribution in [-0.2, 0) is 19.1 Å². The van der Waals surface area contributed by atoms with Crippen LogP contribution in [-0.4, -0.2) is 24.1 Å². The predicted molar refractivity (Wildman–Crippen MR) is 97.2 cm³/mol. The second-order valence-corrected chi connectivity index (χ2v) is 9.83. The van der Waals surface area contributed by atoms with Crippen molar-refractivity contribution in [2.45, 2.75) is 65.7 Å². The van der Waals surface area contributed by atoms with E-state index in [9.17, 15) is 14.4 Å². The van der Waals surface area contributed by atoms with Crippen molar-refractivity contribution >= 4 is 17.5 Å². The summed E-state index contributed by atoms with van der Waals surface area (Å²) in [6.45, 7) is 9.97. The zero-order valence-electron chi connectivity index (χ0n) is 16.2. The SMILES string of the molecule is C=C1C[C@]23C[C@H]1CCC2[C@]1(C)CCC(=O)[C@](C)(COC(C)=O)C1CC3=O. The van der Waals surface area contributed by atoms with Crippen molar-refractivity contribution in [2.24, 2.45) is 34.0 Å². The number of hydrogen-bond donors (Lipinski definition) is 0. The molecule has 4 nitrogen and oxygen atoms in total. The molecule has 0 radical (unpaired) electrons. The first-order chi connectivity index (χ1) is 12.1. The largest absolute Gasteiger partial charge is 0.465 e. The fourth-order valence-corrected chi connectivity index (χ4v) is 7.25. The lowest BCUT2D eigenvalue weighted by Crippen LogP contribution is -2.63. The van der Waals surface area contributed by atoms with Gasteiger partial charge in [-0.3, -0.25) is 14.4 Å². The molecule has 0 heterocycles. The number of carbonyl (C=O) groups is 3. The summed E-state index contributed by atoms with van der Waals surface area (Å²) >= 11 is 0. The van der Waals surface area contributed by atoms with Gasteiger partial charge in [0.25, 0.3) is 0 Å². The summed E-state index contributed by atoms with van der Waals surface area (Å²) in [7, 11) is 0. The number of carbonyl (C=O) groups excluding carboxylic acids is 3. The van der Waals surface area contributed by atoms with Crippen LogP contribution in [0.4, 0.5) is 0 Å². The summed E-state index contributed by atoms with van der Waals surface area (Å²) in [5.41, 5.74) is 0.223. The summed E-state index contributed by atoms with van der Waals surface area (Å²) in [5, 5.41) is 0. The Balaban J connectivity index is 1.74. The first kappa shape index (κ1) is 17.9. The monoisotopic (exact) mass is 358 g/mol. The number of rotatable bonds is 2. The highest BCUT2D eigenvalue weighted by Gasteiger charge is 2.68. The van der Waals surface area contributed by atoms with Gasteiger partial charge in [-0.2, -0.15) is 0 Å². The molecule has 4 rings (SSSR count). The highest BCUT2D eigenvalue weighted by atomic mass is 16.5. The summed E-state index contributed by atoms with van der Waals surface area (Å²) < 4.78 is 5.31. The number of fused-ring (bicyclic) bond motifs is 3. The Bertz CT molecular complexity index is 709. The Kier molecular flexibility index (Phi) is 3.81. The number of ketones is 2. The Hall–Kier alpha value is -1.45. The van der Waals surface area contributed by atoms with Crippen molar-refractivity contribution in [3.05, 3.63) is 12.2 Å². The van der Waals surface area contributed by atoms with Crippen LogP contribution in [0.25, 0.3) is 0 Å². The molecule has 0 aromatic carbocycles. The molecule has 142 valence electrons. The molecule has 0 saturated heterocycles. The van der Waals surface area contributed by atoms with Crippen LogP contribution in [0.2, 0.25) is 0 Å². The van der Waals surface area contributed by atoms with E-state index < -0.39 is 5.41 Å². The number of ether oxygens (including phenoxy) is 1. The van der Waals surface area contributed by atoms with Crippen molar-refractivity contribution in [2.75, 3.05) is 6.61 Å². The molecular formula is C22H30O4. The molecule has 4 saturated carbocycles. The standard InChI is InChI=1S/C22H30O4/c1-13-10-22-11-15(13)5-6-16(22)20(3)8-7-18(24)21(4,12-26-14(2)23)17(20)9-19(22)25/h15-17H,1,5-12H2,2-4H3/t15-,16?,17?,20+,21-,22+/m1/s1. The minimum absolute atomic E-state index is 0.0378. The fourth-order valence-electron chi connectivity index (χ4n) is 7.25. The van der Waals surface area contributed by atoms with Crippen LogP contribution in [0, 0.1) is 34.0 Å². The number of allylic oxidation sites excluding steroid dienone is 1. The lowest BCUT2D eigenvalue weighted by atomic mass is 9.40. The molecule has 0 N–H and O–H groups in total. The average molecular weight is 358 g/mol. The molecule has 26 heavy (non-hydrogen) atoms. The van der Waals surface area contributed by atoms with Gasteiger partial charge in [0.2, 0.25) is 0 Å². The average Bonchev–Trinajstić information content (AvgIpc) is 2.83. The highest BCUT2D eigenvalue weighted by Crippen LogP contribution is 2.70. The molecule has 0 aromatic rings. The number of esters is 1. The van der Waals surface area contributed by atoms with Gasteiger partial charge in [0.1, 0.15) is 18.2 Å². The van der Waals surface area contributed by atoms with Gasteiger partial charge < -0.3 is 4.74 Å². The minimum Gasteiger partial charge on any atom is -0.465 e. The van der Waals surface area contributed by atoms with E-state index in [2.05, 4.69) is 13.5 Å². The predicted octanol–water partition coefficient (Wildman–Crippen LogP) is 3.88. The van der Waals surface area contributed by atoms with Gasteiger partial charge >= 0.3 is 5.97 Å². The summed E-state index contributed by atoms with van der Waals surface area (Å²) in [6.07, 6.45) is 5.80. The number of hydrogen-bond acceptors (Lipinski definition) is 4. The maximum Gasteiger partial charge on any atom is 0.302 e. The van der Waals surface area contributed by atoms with Crippen LogP contribution >= 0.6 is 0 Å². The lowest BCUT2D eigenvalue weighted by Gasteiger charge is -2.62. The van der Waals surface area contributed by atoms with Gasteiger partial charge in [-0.1, -0.05) is 19.1 Å². The molecule has 4 aliphatic rings. The third-order valence-corrected chi connectivity index (χ3v) is 8.61. The van der Waals surface area contributed by atoms with Gasteiger partial charge in [-0.25, -0.2) is 0 Å². The summed E-state index contributed by atoms with van der Waals surface area (Å²) in [6, 6.07) is 0. The van der Waals surface area contributed by atoms with Crippen molar-refractivity contribution < 1.29 is 19.1 Å². The molecule has 0 amide bonds. The molecule has 0 aliphatic heterocycles. The van der Waals surface area contributed by atoms with Gasteiger partial charge in [-0.15, -0.1) is 0 Å². The zero-order valence-corrected chi connectivity index (χ0v) is 16.2. The number of Topliss-reactive ketones (excluding diaryl/α,β-unsaturated/α-hetero) is 2. The van der Waals surface area contributed by atoms with E-state index in [4.69, 9.17) is 4.74 Å². The summed E-state index contributed by atoms with van der Waals surface area (Å²) in [4.78, 5) is 37.7. The van der Waals surface area contributed by atoms with Gasteiger partial charge in [0.05, 0.1) is 5.41 Å². The molecule has 0 aromatic heterocycles. The third kappa shape index (κ3) is 2.16. The van der Waals surface area contributed by atoms with Crippen LogP contribution in [0.15, 0.2) is 12.2 Å². The molecule has 2 bridgehead atoms. The Morgan fingerprint density at radius 3 is 2.62 bits per heavy atom. The van der Waals surface area contributed by atoms with E-state index in [1.807, 2.05) is 6.92 Å². The van der Waals surface area contributed by atoms with Crippen molar-refractivity contribution in [3.8, 4) is 0 Å². The first-order valence-corrected chi connectivity index (χ1v) is 10.0. The second-order valence-electron chi connectivity index (χ2n) is 9.83. The quantitative estimate of drug-likeness (QED) is 0.555. The minimum atomic E-state index is -0.748. The molecule has 1 spiro atoms. The third-order valence-electron chi connectivity index (χ3n) is 8.61. The van der Waals surface area contributed by atoms with E-state index in [0.717, 1.165) is 32.1 Å². The highest BCUT2D eigenvalue weighted by molar-refractivity contribution is 5.92. The Morgan fingerprint density at radius 1 is 1.19 bits per heavy atom. The van der Waals surface area contributed by atoms with Gasteiger partial charge in [0.15, 0.2) is 0 Å². The molecule has 6 atom stereocenters. The second kappa shape index (κ2) is 5.53. The van der Waals surface area contributed by atoms with Crippen LogP contribution in [0.1, 0.15) is 65.7 Å². The molecule has 4 aliphatic carbocycles. The zero-order chi connectivity index (χ0) is 18.9. The van der Waals surface area contributed by atoms with E-state index in [0.29, 0.717) is 30.5 Å². The maximum absolute atomic E-state index is 13.4. The van der Waals surface area contributed by atoms with E-state index in [-0.39, 0.29) is 35.1 Å². The van der Waals surface area contributed by atoms with Crippen LogP contribution in [0.3, 0.4) is 0 Å². The van der Waals surface area contributed by atoms with Crippen molar-refractivity contribution in [3.63, 3.8) is 0 Å². The first-order valence-electron chi connectivity index (χ1n) is 10.0. The van der Waals surface area contributed by atoms with E-state index in [1.54, 1.807) is 0 Å². The van der Waals surface area contributed by atoms with E-state index >= 15 is 0 Å². The van der Waals surface area contributed by atoms with Gasteiger partial charge in [0, 0.05) is 25.2 Å². The van der Waals surface area contributed by atoms with Gasteiger partial charge in [-0.05, 0) is 62.2 Å². The molecule has 2 unspecified atom stereocenters. The fraction of sp³-hybridized carbons (Fsp3) is 0.773. The van der Waals surface area contributed by atoms with Crippen molar-refractivity contribution in [1.29, 1.82) is 0 Å². The van der Waals surface area contributed by atoms with Crippen LogP contribution < -0.4 is 0 Å². The molecule has 4 fully saturated rings. The van der Waals surface area contributed by atoms with Crippen LogP contribution in [0.5, 0.6) is 0 Å². The van der Waals surface area contributed by atoms with E-state index in [1.165, 1.54) is 12.5 Å². The molecular weight excluding hydrogens is 328 g/mol. The Morgan fingerprint density at radius 2 is 1.92 bits per heavy atom. The maximum atomic E-state index is 13.4.